The Morgan fingerprint density at radius 3 is 2.44 bits per heavy atom. The van der Waals surface area contributed by atoms with Crippen molar-refractivity contribution >= 4 is 23.8 Å². The van der Waals surface area contributed by atoms with E-state index in [0.717, 1.165) is 5.56 Å². The molecule has 45 heavy (non-hydrogen) atoms. The molecule has 1 aliphatic carbocycles. The lowest BCUT2D eigenvalue weighted by Gasteiger charge is -2.33. The average molecular weight is 616 g/mol. The summed E-state index contributed by atoms with van der Waals surface area (Å²) in [5, 5.41) is 6.76. The minimum atomic E-state index is -0.532. The van der Waals surface area contributed by atoms with Gasteiger partial charge < -0.3 is 29.0 Å². The van der Waals surface area contributed by atoms with Gasteiger partial charge in [-0.1, -0.05) is 29.4 Å². The van der Waals surface area contributed by atoms with Crippen LogP contribution >= 0.6 is 0 Å². The highest BCUT2D eigenvalue weighted by Crippen LogP contribution is 2.40. The lowest BCUT2D eigenvalue weighted by atomic mass is 10.00. The first kappa shape index (κ1) is 30.4. The molecule has 11 heteroatoms. The fourth-order valence-electron chi connectivity index (χ4n) is 5.86. The predicted octanol–water partition coefficient (Wildman–Crippen LogP) is 4.51. The maximum atomic E-state index is 13.0. The van der Waals surface area contributed by atoms with Gasteiger partial charge in [0.15, 0.2) is 0 Å². The zero-order valence-electron chi connectivity index (χ0n) is 25.4. The van der Waals surface area contributed by atoms with Gasteiger partial charge in [0, 0.05) is 12.6 Å². The summed E-state index contributed by atoms with van der Waals surface area (Å²) in [5.74, 6) is -0.599. The number of nitrogens with one attached hydrogen (secondary N) is 1. The smallest absolute Gasteiger partial charge is 0.338 e. The predicted molar refractivity (Wildman–Crippen MR) is 160 cm³/mol. The van der Waals surface area contributed by atoms with Crippen molar-refractivity contribution < 1.29 is 37.9 Å². The van der Waals surface area contributed by atoms with Crippen LogP contribution in [-0.2, 0) is 19.1 Å². The third-order valence-corrected chi connectivity index (χ3v) is 8.50. The molecule has 1 aromatic heterocycles. The summed E-state index contributed by atoms with van der Waals surface area (Å²) in [6.45, 7) is 4.56. The molecular formula is C34H37N3O8. The minimum absolute atomic E-state index is 0.0904. The third-order valence-electron chi connectivity index (χ3n) is 8.50. The van der Waals surface area contributed by atoms with Crippen molar-refractivity contribution in [1.29, 1.82) is 0 Å². The molecule has 1 N–H and O–H groups in total. The second-order valence-corrected chi connectivity index (χ2v) is 12.1. The Bertz CT molecular complexity index is 1550. The summed E-state index contributed by atoms with van der Waals surface area (Å²) in [6, 6.07) is 16.1. The number of piperidine rings is 1. The van der Waals surface area contributed by atoms with Gasteiger partial charge in [0.25, 0.3) is 5.91 Å². The van der Waals surface area contributed by atoms with Gasteiger partial charge in [0.1, 0.15) is 24.6 Å². The first-order chi connectivity index (χ1) is 21.7. The molecule has 3 fully saturated rings. The number of carbonyl (C=O) groups is 4. The van der Waals surface area contributed by atoms with Crippen LogP contribution in [0.2, 0.25) is 0 Å². The van der Waals surface area contributed by atoms with Gasteiger partial charge in [-0.25, -0.2) is 4.79 Å². The van der Waals surface area contributed by atoms with E-state index in [1.54, 1.807) is 42.2 Å². The van der Waals surface area contributed by atoms with Gasteiger partial charge in [0.2, 0.25) is 11.7 Å². The van der Waals surface area contributed by atoms with Crippen molar-refractivity contribution in [3.8, 4) is 5.75 Å². The Balaban J connectivity index is 1.10. The topological polar surface area (TPSA) is 137 Å². The van der Waals surface area contributed by atoms with Crippen molar-refractivity contribution in [1.82, 2.24) is 15.4 Å². The van der Waals surface area contributed by atoms with Crippen LogP contribution in [0, 0.1) is 12.8 Å². The van der Waals surface area contributed by atoms with Gasteiger partial charge in [0.05, 0.1) is 36.2 Å². The van der Waals surface area contributed by atoms with Gasteiger partial charge in [-0.2, -0.15) is 0 Å². The van der Waals surface area contributed by atoms with E-state index < -0.39 is 36.0 Å². The zero-order valence-corrected chi connectivity index (χ0v) is 25.4. The number of rotatable bonds is 10. The molecule has 2 aromatic carbocycles. The maximum absolute atomic E-state index is 13.0. The highest BCUT2D eigenvalue weighted by molar-refractivity contribution is 5.91. The Labute approximate surface area is 261 Å². The van der Waals surface area contributed by atoms with Crippen LogP contribution in [0.5, 0.6) is 5.75 Å². The van der Waals surface area contributed by atoms with Crippen LogP contribution in [0.3, 0.4) is 0 Å². The van der Waals surface area contributed by atoms with E-state index in [4.69, 9.17) is 18.7 Å². The number of nitrogens with zero attached hydrogens (tertiary/aromatic N) is 2. The number of hydrogen-bond donors (Lipinski definition) is 1. The van der Waals surface area contributed by atoms with E-state index in [-0.39, 0.29) is 37.2 Å². The lowest BCUT2D eigenvalue weighted by Crippen LogP contribution is -2.46. The number of likely N-dealkylation sites (tertiary alicyclic amines) is 1. The molecule has 0 spiro atoms. The molecule has 2 saturated heterocycles. The number of amides is 2. The molecule has 236 valence electrons. The summed E-state index contributed by atoms with van der Waals surface area (Å²) in [5.41, 5.74) is 3.16. The first-order valence-corrected chi connectivity index (χ1v) is 15.5. The van der Waals surface area contributed by atoms with Gasteiger partial charge >= 0.3 is 11.9 Å². The summed E-state index contributed by atoms with van der Waals surface area (Å²) >= 11 is 0. The first-order valence-electron chi connectivity index (χ1n) is 15.5. The Hall–Kier alpha value is -4.67. The summed E-state index contributed by atoms with van der Waals surface area (Å²) in [6.07, 6.45) is 2.87. The molecule has 0 bridgehead atoms. The van der Waals surface area contributed by atoms with Crippen LogP contribution in [0.4, 0.5) is 0 Å². The van der Waals surface area contributed by atoms with E-state index in [2.05, 4.69) is 22.6 Å². The summed E-state index contributed by atoms with van der Waals surface area (Å²) in [4.78, 5) is 51.8. The maximum Gasteiger partial charge on any atom is 0.338 e. The number of ether oxygens (including phenoxy) is 3. The Morgan fingerprint density at radius 2 is 1.80 bits per heavy atom. The lowest BCUT2D eigenvalue weighted by molar-refractivity contribution is -0.139. The number of benzene rings is 2. The van der Waals surface area contributed by atoms with Gasteiger partial charge in [-0.3, -0.25) is 14.4 Å². The van der Waals surface area contributed by atoms with Crippen molar-refractivity contribution in [2.45, 2.75) is 70.1 Å². The molecule has 2 amide bonds. The fourth-order valence-corrected chi connectivity index (χ4v) is 5.86. The molecule has 3 aliphatic rings. The molecule has 3 heterocycles. The molecule has 11 nitrogen and oxygen atoms in total. The van der Waals surface area contributed by atoms with E-state index in [9.17, 15) is 19.2 Å². The molecular weight excluding hydrogens is 578 g/mol. The number of cyclic esters (lactones) is 1. The SMILES string of the molecule is Cc1cc(C(=O)N[C@@H](C)[C@H](Oc2ccc(C(=O)O[C@H]3CCCN(C(=O)[C@H]4COC(=O)C4)C3)cc2)c2ccc(C3CC3)cc2)on1. The highest BCUT2D eigenvalue weighted by Gasteiger charge is 2.36. The van der Waals surface area contributed by atoms with Crippen LogP contribution in [0.15, 0.2) is 59.1 Å². The van der Waals surface area contributed by atoms with Crippen LogP contribution in [0.25, 0.3) is 0 Å². The van der Waals surface area contributed by atoms with E-state index in [0.29, 0.717) is 42.3 Å². The largest absolute Gasteiger partial charge is 0.484 e. The van der Waals surface area contributed by atoms with Crippen molar-refractivity contribution in [2.24, 2.45) is 5.92 Å². The molecule has 0 radical (unpaired) electrons. The second-order valence-electron chi connectivity index (χ2n) is 12.1. The number of hydrogen-bond acceptors (Lipinski definition) is 9. The summed E-state index contributed by atoms with van der Waals surface area (Å²) in [7, 11) is 0. The molecule has 0 unspecified atom stereocenters. The number of esters is 2. The molecule has 4 atom stereocenters. The standard InChI is InChI=1S/C34H37N3O8/c1-20-16-29(45-36-20)32(39)35-21(2)31(24-9-7-23(8-10-24)22-5-6-22)43-27-13-11-25(12-14-27)34(41)44-28-4-3-15-37(18-28)33(40)26-17-30(38)42-19-26/h7-14,16,21-22,26,28,31H,3-6,15,17-19H2,1-2H3,(H,35,39)/t21-,26+,28-,31-/m0/s1. The highest BCUT2D eigenvalue weighted by atomic mass is 16.5. The molecule has 3 aromatic rings. The van der Waals surface area contributed by atoms with Crippen molar-refractivity contribution in [3.63, 3.8) is 0 Å². The quantitative estimate of drug-likeness (QED) is 0.327. The average Bonchev–Trinajstić information content (AvgIpc) is 3.66. The van der Waals surface area contributed by atoms with Gasteiger partial charge in [-0.15, -0.1) is 0 Å². The molecule has 2 aliphatic heterocycles. The normalized spacial score (nSPS) is 21.0. The van der Waals surface area contributed by atoms with E-state index in [1.807, 2.05) is 19.1 Å². The van der Waals surface area contributed by atoms with Crippen LogP contribution < -0.4 is 10.1 Å². The third kappa shape index (κ3) is 7.35. The number of carbonyl (C=O) groups excluding carboxylic acids is 4. The Kier molecular flexibility index (Phi) is 8.86. The van der Waals surface area contributed by atoms with Crippen LogP contribution in [-0.4, -0.2) is 65.7 Å². The second kappa shape index (κ2) is 13.1. The molecule has 1 saturated carbocycles. The van der Waals surface area contributed by atoms with Crippen molar-refractivity contribution in [2.75, 3.05) is 19.7 Å². The van der Waals surface area contributed by atoms with E-state index in [1.165, 1.54) is 18.4 Å². The zero-order chi connectivity index (χ0) is 31.5. The minimum Gasteiger partial charge on any atom is -0.484 e. The van der Waals surface area contributed by atoms with E-state index >= 15 is 0 Å². The van der Waals surface area contributed by atoms with Gasteiger partial charge in [-0.05, 0) is 80.8 Å². The van der Waals surface area contributed by atoms with Crippen LogP contribution in [0.1, 0.15) is 88.8 Å². The fraction of sp³-hybridized carbons (Fsp3) is 0.441. The monoisotopic (exact) mass is 615 g/mol. The number of aromatic nitrogens is 1. The Morgan fingerprint density at radius 1 is 1.04 bits per heavy atom. The molecule has 6 rings (SSSR count). The number of aryl methyl sites for hydroxylation is 1. The van der Waals surface area contributed by atoms with Crippen molar-refractivity contribution in [3.05, 3.63) is 82.7 Å². The summed E-state index contributed by atoms with van der Waals surface area (Å²) < 4.78 is 22.2.